The second kappa shape index (κ2) is 12.2. The first-order valence-electron chi connectivity index (χ1n) is 11.5. The lowest BCUT2D eigenvalue weighted by molar-refractivity contribution is -0.149. The molecular formula is C26H39N3O4S. The van der Waals surface area contributed by atoms with Gasteiger partial charge in [-0.25, -0.2) is 4.79 Å². The van der Waals surface area contributed by atoms with Gasteiger partial charge in [-0.3, -0.25) is 9.59 Å². The Morgan fingerprint density at radius 1 is 1.12 bits per heavy atom. The van der Waals surface area contributed by atoms with Gasteiger partial charge in [0.25, 0.3) is 0 Å². The highest BCUT2D eigenvalue weighted by Gasteiger charge is 2.43. The Morgan fingerprint density at radius 3 is 2.18 bits per heavy atom. The summed E-state index contributed by atoms with van der Waals surface area (Å²) in [5.41, 5.74) is -0.441. The molecule has 3 amide bonds. The Bertz CT molecular complexity index is 915. The van der Waals surface area contributed by atoms with Crippen molar-refractivity contribution in [1.82, 2.24) is 15.5 Å². The zero-order valence-electron chi connectivity index (χ0n) is 21.6. The van der Waals surface area contributed by atoms with E-state index in [0.717, 1.165) is 0 Å². The standard InChI is InChI=1S/C26H39N3O4S/c1-10-18-14-12-13-15-19(18)21(22(30)27-17(3)4)29(26(8,9)11-2)23(31)20(16-34)28-24(32)33-25(5,6)7/h1,12-15,17,20-21,34H,11,16H2,2-9H3,(H,27,30)(H,28,32). The van der Waals surface area contributed by atoms with E-state index in [1.165, 1.54) is 4.90 Å². The van der Waals surface area contributed by atoms with Crippen LogP contribution in [0, 0.1) is 12.3 Å². The Balaban J connectivity index is 3.63. The SMILES string of the molecule is C#Cc1ccccc1C(C(=O)NC(C)C)N(C(=O)C(CS)NC(=O)OC(C)(C)C)C(C)(C)CC. The van der Waals surface area contributed by atoms with Crippen LogP contribution in [-0.4, -0.2) is 51.8 Å². The number of alkyl carbamates (subject to hydrolysis) is 1. The van der Waals surface area contributed by atoms with Crippen LogP contribution in [0.1, 0.15) is 79.0 Å². The Hall–Kier alpha value is -2.66. The monoisotopic (exact) mass is 489 g/mol. The molecule has 0 fully saturated rings. The molecule has 0 heterocycles. The van der Waals surface area contributed by atoms with Crippen LogP contribution in [0.25, 0.3) is 0 Å². The maximum Gasteiger partial charge on any atom is 0.408 e. The third kappa shape index (κ3) is 7.98. The molecule has 0 spiro atoms. The first-order valence-corrected chi connectivity index (χ1v) is 12.1. The third-order valence-electron chi connectivity index (χ3n) is 5.27. The molecule has 7 nitrogen and oxygen atoms in total. The molecule has 188 valence electrons. The fourth-order valence-corrected chi connectivity index (χ4v) is 3.62. The number of thiol groups is 1. The van der Waals surface area contributed by atoms with E-state index in [2.05, 4.69) is 29.2 Å². The predicted molar refractivity (Wildman–Crippen MR) is 139 cm³/mol. The molecular weight excluding hydrogens is 450 g/mol. The summed E-state index contributed by atoms with van der Waals surface area (Å²) in [4.78, 5) is 41.5. The number of carbonyl (C=O) groups is 3. The molecule has 1 aromatic carbocycles. The molecule has 0 aromatic heterocycles. The zero-order valence-corrected chi connectivity index (χ0v) is 22.5. The van der Waals surface area contributed by atoms with E-state index < -0.39 is 35.2 Å². The fraction of sp³-hybridized carbons (Fsp3) is 0.577. The highest BCUT2D eigenvalue weighted by atomic mass is 32.1. The average Bonchev–Trinajstić information content (AvgIpc) is 2.73. The average molecular weight is 490 g/mol. The van der Waals surface area contributed by atoms with Crippen LogP contribution in [0.15, 0.2) is 24.3 Å². The molecule has 2 atom stereocenters. The molecule has 2 N–H and O–H groups in total. The van der Waals surface area contributed by atoms with Crippen LogP contribution >= 0.6 is 12.6 Å². The minimum absolute atomic E-state index is 0.0175. The van der Waals surface area contributed by atoms with Crippen molar-refractivity contribution in [3.05, 3.63) is 35.4 Å². The lowest BCUT2D eigenvalue weighted by Crippen LogP contribution is -2.60. The van der Waals surface area contributed by atoms with Gasteiger partial charge in [-0.1, -0.05) is 31.0 Å². The number of hydrogen-bond acceptors (Lipinski definition) is 5. The van der Waals surface area contributed by atoms with Crippen molar-refractivity contribution in [1.29, 1.82) is 0 Å². The van der Waals surface area contributed by atoms with E-state index in [9.17, 15) is 14.4 Å². The van der Waals surface area contributed by atoms with E-state index in [4.69, 9.17) is 11.2 Å². The minimum atomic E-state index is -1.02. The highest BCUT2D eigenvalue weighted by molar-refractivity contribution is 7.80. The smallest absolute Gasteiger partial charge is 0.408 e. The van der Waals surface area contributed by atoms with Gasteiger partial charge < -0.3 is 20.3 Å². The van der Waals surface area contributed by atoms with E-state index in [-0.39, 0.29) is 17.7 Å². The summed E-state index contributed by atoms with van der Waals surface area (Å²) in [6, 6.07) is 4.87. The molecule has 0 aliphatic carbocycles. The van der Waals surface area contributed by atoms with Crippen molar-refractivity contribution in [2.45, 2.75) is 91.1 Å². The molecule has 8 heteroatoms. The van der Waals surface area contributed by atoms with E-state index >= 15 is 0 Å². The Morgan fingerprint density at radius 2 is 1.71 bits per heavy atom. The van der Waals surface area contributed by atoms with Gasteiger partial charge >= 0.3 is 6.09 Å². The molecule has 1 aromatic rings. The molecule has 0 saturated carbocycles. The van der Waals surface area contributed by atoms with Gasteiger partial charge in [-0.15, -0.1) is 6.42 Å². The predicted octanol–water partition coefficient (Wildman–Crippen LogP) is 4.07. The quantitative estimate of drug-likeness (QED) is 0.360. The van der Waals surface area contributed by atoms with Crippen LogP contribution in [0.3, 0.4) is 0 Å². The lowest BCUT2D eigenvalue weighted by atomic mass is 9.90. The number of nitrogens with zero attached hydrogens (tertiary/aromatic N) is 1. The van der Waals surface area contributed by atoms with Gasteiger partial charge in [0.15, 0.2) is 0 Å². The maximum absolute atomic E-state index is 14.0. The van der Waals surface area contributed by atoms with Crippen molar-refractivity contribution >= 4 is 30.5 Å². The molecule has 0 bridgehead atoms. The number of nitrogens with one attached hydrogen (secondary N) is 2. The molecule has 1 rings (SSSR count). The summed E-state index contributed by atoms with van der Waals surface area (Å²) in [7, 11) is 0. The van der Waals surface area contributed by atoms with Gasteiger partial charge in [0.05, 0.1) is 0 Å². The summed E-state index contributed by atoms with van der Waals surface area (Å²) in [6.07, 6.45) is 5.56. The number of rotatable bonds is 9. The van der Waals surface area contributed by atoms with Gasteiger partial charge in [0.2, 0.25) is 11.8 Å². The molecule has 0 saturated heterocycles. The molecule has 34 heavy (non-hydrogen) atoms. The van der Waals surface area contributed by atoms with Crippen molar-refractivity contribution < 1.29 is 19.1 Å². The zero-order chi connectivity index (χ0) is 26.3. The second-order valence-electron chi connectivity index (χ2n) is 10.1. The molecule has 2 unspecified atom stereocenters. The first-order chi connectivity index (χ1) is 15.7. The van der Waals surface area contributed by atoms with E-state index in [1.807, 2.05) is 34.6 Å². The van der Waals surface area contributed by atoms with Crippen LogP contribution in [-0.2, 0) is 14.3 Å². The van der Waals surface area contributed by atoms with Crippen LogP contribution in [0.5, 0.6) is 0 Å². The summed E-state index contributed by atoms with van der Waals surface area (Å²) in [5.74, 6) is 1.83. The minimum Gasteiger partial charge on any atom is -0.444 e. The Kier molecular flexibility index (Phi) is 10.5. The summed E-state index contributed by atoms with van der Waals surface area (Å²) >= 11 is 4.31. The number of ether oxygens (including phenoxy) is 1. The van der Waals surface area contributed by atoms with Gasteiger partial charge in [0.1, 0.15) is 17.7 Å². The van der Waals surface area contributed by atoms with Crippen LogP contribution < -0.4 is 10.6 Å². The highest BCUT2D eigenvalue weighted by Crippen LogP contribution is 2.33. The van der Waals surface area contributed by atoms with Gasteiger partial charge in [-0.2, -0.15) is 12.6 Å². The number of carbonyl (C=O) groups excluding carboxylic acids is 3. The van der Waals surface area contributed by atoms with Gasteiger partial charge in [0, 0.05) is 22.9 Å². The molecule has 0 aliphatic heterocycles. The second-order valence-corrected chi connectivity index (χ2v) is 10.4. The molecule has 0 aliphatic rings. The number of benzene rings is 1. The number of terminal acetylenes is 1. The third-order valence-corrected chi connectivity index (χ3v) is 5.64. The lowest BCUT2D eigenvalue weighted by Gasteiger charge is -2.44. The Labute approximate surface area is 209 Å². The summed E-state index contributed by atoms with van der Waals surface area (Å²) in [6.45, 7) is 14.6. The summed E-state index contributed by atoms with van der Waals surface area (Å²) in [5, 5.41) is 5.53. The van der Waals surface area contributed by atoms with Crippen molar-refractivity contribution in [2.24, 2.45) is 0 Å². The normalized spacial score (nSPS) is 13.4. The number of amides is 3. The topological polar surface area (TPSA) is 87.7 Å². The van der Waals surface area contributed by atoms with Crippen molar-refractivity contribution in [2.75, 3.05) is 5.75 Å². The summed E-state index contributed by atoms with van der Waals surface area (Å²) < 4.78 is 5.33. The van der Waals surface area contributed by atoms with E-state index in [1.54, 1.807) is 45.0 Å². The molecule has 0 radical (unpaired) electrons. The van der Waals surface area contributed by atoms with E-state index in [0.29, 0.717) is 17.5 Å². The van der Waals surface area contributed by atoms with Crippen molar-refractivity contribution in [3.8, 4) is 12.3 Å². The van der Waals surface area contributed by atoms with Gasteiger partial charge in [-0.05, 0) is 66.5 Å². The fourth-order valence-electron chi connectivity index (χ4n) is 3.38. The van der Waals surface area contributed by atoms with Crippen LogP contribution in [0.4, 0.5) is 4.79 Å². The first kappa shape index (κ1) is 29.4. The number of hydrogen-bond donors (Lipinski definition) is 3. The maximum atomic E-state index is 14.0. The van der Waals surface area contributed by atoms with Crippen molar-refractivity contribution in [3.63, 3.8) is 0 Å². The van der Waals surface area contributed by atoms with Crippen LogP contribution in [0.2, 0.25) is 0 Å². The largest absolute Gasteiger partial charge is 0.444 e.